The van der Waals surface area contributed by atoms with Crippen LogP contribution in [0.4, 0.5) is 0 Å². The van der Waals surface area contributed by atoms with Crippen LogP contribution in [0.3, 0.4) is 0 Å². The number of hydrogen-bond donors (Lipinski definition) is 2. The smallest absolute Gasteiger partial charge is 0.0997 e. The zero-order valence-electron chi connectivity index (χ0n) is 8.57. The number of nitrogens with one attached hydrogen (secondary N) is 1. The molecule has 0 spiro atoms. The van der Waals surface area contributed by atoms with E-state index in [9.17, 15) is 5.11 Å². The number of halogens is 1. The Balaban J connectivity index is 0.000000853. The molecular weight excluding hydrogens is 254 g/mol. The van der Waals surface area contributed by atoms with Crippen LogP contribution in [0, 0.1) is 5.92 Å². The Morgan fingerprint density at radius 3 is 3.07 bits per heavy atom. The third-order valence-electron chi connectivity index (χ3n) is 3.60. The summed E-state index contributed by atoms with van der Waals surface area (Å²) in [6.07, 6.45) is 9.40. The zero-order chi connectivity index (χ0) is 9.54. The van der Waals surface area contributed by atoms with Gasteiger partial charge in [-0.15, -0.1) is 17.0 Å². The van der Waals surface area contributed by atoms with Crippen molar-refractivity contribution in [2.45, 2.75) is 25.3 Å². The minimum absolute atomic E-state index is 0. The molecule has 0 radical (unpaired) electrons. The molecule has 2 aliphatic carbocycles. The Labute approximate surface area is 101 Å². The zero-order valence-corrected chi connectivity index (χ0v) is 10.3. The first-order chi connectivity index (χ1) is 6.86. The third kappa shape index (κ3) is 1.68. The number of rotatable bonds is 0. The molecule has 0 aromatic carbocycles. The van der Waals surface area contributed by atoms with Gasteiger partial charge in [-0.25, -0.2) is 0 Å². The average Bonchev–Trinajstić information content (AvgIpc) is 2.66. The van der Waals surface area contributed by atoms with Crippen molar-refractivity contribution in [3.8, 4) is 0 Å². The molecule has 0 aromatic rings. The van der Waals surface area contributed by atoms with Crippen LogP contribution < -0.4 is 5.32 Å². The van der Waals surface area contributed by atoms with Gasteiger partial charge in [-0.05, 0) is 43.0 Å². The van der Waals surface area contributed by atoms with Crippen LogP contribution in [0.25, 0.3) is 0 Å². The molecule has 1 heterocycles. The van der Waals surface area contributed by atoms with Gasteiger partial charge >= 0.3 is 0 Å². The molecule has 82 valence electrons. The van der Waals surface area contributed by atoms with Crippen molar-refractivity contribution < 1.29 is 5.11 Å². The molecule has 2 atom stereocenters. The van der Waals surface area contributed by atoms with Gasteiger partial charge in [0.15, 0.2) is 0 Å². The largest absolute Gasteiger partial charge is 0.512 e. The minimum Gasteiger partial charge on any atom is -0.512 e. The average molecular weight is 270 g/mol. The van der Waals surface area contributed by atoms with Crippen LogP contribution in [0.2, 0.25) is 0 Å². The molecule has 3 aliphatic rings. The Morgan fingerprint density at radius 1 is 1.33 bits per heavy atom. The van der Waals surface area contributed by atoms with Crippen LogP contribution in [0.1, 0.15) is 19.3 Å². The lowest BCUT2D eigenvalue weighted by atomic mass is 9.77. The summed E-state index contributed by atoms with van der Waals surface area (Å²) in [5.41, 5.74) is 2.92. The van der Waals surface area contributed by atoms with Crippen LogP contribution in [-0.2, 0) is 0 Å². The van der Waals surface area contributed by atoms with Crippen molar-refractivity contribution >= 4 is 17.0 Å². The SMILES string of the molecule is Br.OC1=CC=CC2=C3CCNC3CCC12. The van der Waals surface area contributed by atoms with E-state index in [0.717, 1.165) is 19.4 Å². The fourth-order valence-electron chi connectivity index (χ4n) is 2.91. The second-order valence-corrected chi connectivity index (χ2v) is 4.32. The van der Waals surface area contributed by atoms with Gasteiger partial charge in [-0.3, -0.25) is 0 Å². The molecule has 2 unspecified atom stereocenters. The van der Waals surface area contributed by atoms with Crippen LogP contribution >= 0.6 is 17.0 Å². The molecular formula is C12H16BrNO. The van der Waals surface area contributed by atoms with E-state index in [0.29, 0.717) is 17.7 Å². The van der Waals surface area contributed by atoms with E-state index < -0.39 is 0 Å². The fourth-order valence-corrected chi connectivity index (χ4v) is 2.91. The molecule has 0 aromatic heterocycles. The van der Waals surface area contributed by atoms with Gasteiger partial charge in [-0.1, -0.05) is 12.2 Å². The molecule has 2 N–H and O–H groups in total. The summed E-state index contributed by atoms with van der Waals surface area (Å²) in [7, 11) is 0. The van der Waals surface area contributed by atoms with Crippen molar-refractivity contribution in [1.29, 1.82) is 0 Å². The molecule has 0 saturated carbocycles. The summed E-state index contributed by atoms with van der Waals surface area (Å²) in [6, 6.07) is 0.594. The summed E-state index contributed by atoms with van der Waals surface area (Å²) in [5, 5.41) is 13.3. The monoisotopic (exact) mass is 269 g/mol. The first kappa shape index (κ1) is 11.0. The second-order valence-electron chi connectivity index (χ2n) is 4.32. The second kappa shape index (κ2) is 4.14. The highest BCUT2D eigenvalue weighted by atomic mass is 79.9. The van der Waals surface area contributed by atoms with Crippen LogP contribution in [0.15, 0.2) is 35.1 Å². The predicted molar refractivity (Wildman–Crippen MR) is 66.3 cm³/mol. The van der Waals surface area contributed by atoms with E-state index in [2.05, 4.69) is 11.4 Å². The molecule has 1 aliphatic heterocycles. The normalized spacial score (nSPS) is 32.9. The predicted octanol–water partition coefficient (Wildman–Crippen LogP) is 2.64. The van der Waals surface area contributed by atoms with Gasteiger partial charge in [0.25, 0.3) is 0 Å². The lowest BCUT2D eigenvalue weighted by Gasteiger charge is -2.30. The third-order valence-corrected chi connectivity index (χ3v) is 3.60. The number of hydrogen-bond acceptors (Lipinski definition) is 2. The molecule has 0 amide bonds. The molecule has 1 fully saturated rings. The Hall–Kier alpha value is -0.540. The topological polar surface area (TPSA) is 32.3 Å². The Kier molecular flexibility index (Phi) is 3.03. The summed E-state index contributed by atoms with van der Waals surface area (Å²) in [6.45, 7) is 1.11. The Bertz CT molecular complexity index is 357. The molecule has 15 heavy (non-hydrogen) atoms. The van der Waals surface area contributed by atoms with Crippen LogP contribution in [0.5, 0.6) is 0 Å². The maximum atomic E-state index is 9.78. The maximum absolute atomic E-state index is 9.78. The molecule has 1 saturated heterocycles. The molecule has 3 heteroatoms. The van der Waals surface area contributed by atoms with Gasteiger partial charge in [0.05, 0.1) is 5.76 Å². The highest BCUT2D eigenvalue weighted by Crippen LogP contribution is 2.39. The van der Waals surface area contributed by atoms with E-state index in [1.165, 1.54) is 17.6 Å². The number of fused-ring (bicyclic) bond motifs is 2. The number of allylic oxidation sites excluding steroid dienone is 4. The fraction of sp³-hybridized carbons (Fsp3) is 0.500. The lowest BCUT2D eigenvalue weighted by Crippen LogP contribution is -2.29. The summed E-state index contributed by atoms with van der Waals surface area (Å²) in [5.74, 6) is 0.853. The van der Waals surface area contributed by atoms with E-state index in [1.807, 2.05) is 12.2 Å². The summed E-state index contributed by atoms with van der Waals surface area (Å²) in [4.78, 5) is 0. The van der Waals surface area contributed by atoms with Crippen molar-refractivity contribution in [3.05, 3.63) is 35.1 Å². The van der Waals surface area contributed by atoms with Gasteiger partial charge in [0.2, 0.25) is 0 Å². The molecule has 0 bridgehead atoms. The molecule has 2 nitrogen and oxygen atoms in total. The van der Waals surface area contributed by atoms with E-state index in [-0.39, 0.29) is 17.0 Å². The first-order valence-electron chi connectivity index (χ1n) is 5.40. The van der Waals surface area contributed by atoms with Gasteiger partial charge in [0.1, 0.15) is 0 Å². The number of aliphatic hydroxyl groups is 1. The van der Waals surface area contributed by atoms with Crippen molar-refractivity contribution in [2.75, 3.05) is 6.54 Å². The summed E-state index contributed by atoms with van der Waals surface area (Å²) >= 11 is 0. The quantitative estimate of drug-likeness (QED) is 0.709. The van der Waals surface area contributed by atoms with E-state index in [1.54, 1.807) is 0 Å². The maximum Gasteiger partial charge on any atom is 0.0997 e. The number of aliphatic hydroxyl groups excluding tert-OH is 1. The van der Waals surface area contributed by atoms with Crippen molar-refractivity contribution in [1.82, 2.24) is 5.32 Å². The highest BCUT2D eigenvalue weighted by Gasteiger charge is 2.33. The Morgan fingerprint density at radius 2 is 2.20 bits per heavy atom. The van der Waals surface area contributed by atoms with Gasteiger partial charge in [0, 0.05) is 12.0 Å². The standard InChI is InChI=1S/C12H15NO.BrH/c14-12-3-1-2-8-9-6-7-13-11(9)5-4-10(8)12;/h1-3,10-11,13-14H,4-7H2;1H. The highest BCUT2D eigenvalue weighted by molar-refractivity contribution is 8.93. The van der Waals surface area contributed by atoms with Crippen molar-refractivity contribution in [2.24, 2.45) is 5.92 Å². The van der Waals surface area contributed by atoms with Gasteiger partial charge in [-0.2, -0.15) is 0 Å². The van der Waals surface area contributed by atoms with E-state index >= 15 is 0 Å². The summed E-state index contributed by atoms with van der Waals surface area (Å²) < 4.78 is 0. The van der Waals surface area contributed by atoms with E-state index in [4.69, 9.17) is 0 Å². The van der Waals surface area contributed by atoms with Crippen LogP contribution in [-0.4, -0.2) is 17.7 Å². The molecule has 3 rings (SSSR count). The lowest BCUT2D eigenvalue weighted by molar-refractivity contribution is 0.324. The van der Waals surface area contributed by atoms with Gasteiger partial charge < -0.3 is 10.4 Å². The van der Waals surface area contributed by atoms with Crippen molar-refractivity contribution in [3.63, 3.8) is 0 Å². The first-order valence-corrected chi connectivity index (χ1v) is 5.40. The minimum atomic E-state index is 0.